The van der Waals surface area contributed by atoms with Crippen molar-refractivity contribution < 1.29 is 0 Å². The molecule has 0 aliphatic carbocycles. The van der Waals surface area contributed by atoms with Gasteiger partial charge in [0, 0.05) is 59.9 Å². The van der Waals surface area contributed by atoms with Gasteiger partial charge in [0.15, 0.2) is 11.6 Å². The summed E-state index contributed by atoms with van der Waals surface area (Å²) in [5, 5.41) is 9.34. The second-order valence-electron chi connectivity index (χ2n) is 30.3. The molecule has 6 heterocycles. The summed E-state index contributed by atoms with van der Waals surface area (Å²) in [7, 11) is 0. The van der Waals surface area contributed by atoms with Crippen molar-refractivity contribution in [2.24, 2.45) is 0 Å². The van der Waals surface area contributed by atoms with E-state index in [1.54, 1.807) is 0 Å². The van der Waals surface area contributed by atoms with Crippen molar-refractivity contribution in [2.75, 3.05) is 0 Å². The minimum absolute atomic E-state index is 0.114. The molecule has 17 aromatic rings. The number of imidazole rings is 1. The van der Waals surface area contributed by atoms with Gasteiger partial charge < -0.3 is 9.13 Å². The first-order valence-electron chi connectivity index (χ1n) is 33.6. The van der Waals surface area contributed by atoms with Crippen molar-refractivity contribution >= 4 is 98.3 Å². The minimum atomic E-state index is -0.124. The van der Waals surface area contributed by atoms with E-state index in [2.05, 4.69) is 355 Å². The SMILES string of the molecule is CC(C)(C)c1ccc2c(c1)c1ccccc1n2-c1nc(-n2c3ccccc3c3cc(C(C)(C)C)ccc32)c(-n2c3ccccc3c3cc(C(C)(C)C)ccc32)c(-c2ccccc2-c2nc3ccccc3n2-c2ccccc2)c1-n1c2ccccc2c2cc(C(C)(C)C)ccc21. The topological polar surface area (TPSA) is 50.4 Å². The summed E-state index contributed by atoms with van der Waals surface area (Å²) in [6, 6.07) is 93.2. The number of rotatable bonds is 7. The second kappa shape index (κ2) is 20.9. The van der Waals surface area contributed by atoms with Crippen LogP contribution in [0.4, 0.5) is 0 Å². The van der Waals surface area contributed by atoms with Crippen molar-refractivity contribution in [2.45, 2.75) is 105 Å². The Hall–Kier alpha value is -10.8. The van der Waals surface area contributed by atoms with E-state index in [1.165, 1.54) is 43.8 Å². The van der Waals surface area contributed by atoms with Crippen molar-refractivity contribution in [1.29, 1.82) is 0 Å². The minimum Gasteiger partial charge on any atom is -0.305 e. The molecule has 0 spiro atoms. The van der Waals surface area contributed by atoms with Crippen LogP contribution in [0.3, 0.4) is 0 Å². The van der Waals surface area contributed by atoms with Crippen molar-refractivity contribution in [3.8, 4) is 51.2 Å². The van der Waals surface area contributed by atoms with Crippen molar-refractivity contribution in [3.63, 3.8) is 0 Å². The predicted octanol–water partition coefficient (Wildman–Crippen LogP) is 23.3. The van der Waals surface area contributed by atoms with Gasteiger partial charge in [-0.1, -0.05) is 235 Å². The van der Waals surface area contributed by atoms with E-state index in [1.807, 2.05) is 0 Å². The number of nitrogens with zero attached hydrogens (tertiary/aromatic N) is 7. The lowest BCUT2D eigenvalue weighted by Crippen LogP contribution is -2.17. The van der Waals surface area contributed by atoms with Gasteiger partial charge in [-0.25, -0.2) is 9.97 Å². The standard InChI is InChI=1S/C88H77N7/c1-85(2,3)54-42-46-74-65(50-54)59-30-18-23-37-70(59)92(74)80-79(63-34-16-17-35-64(63)82-89-69-36-22-27-41-78(69)91(82)58-28-14-13-15-29-58)81(93-71-38-24-19-31-60(71)66-51-55(86(4,5)6)43-47-75(66)93)84(95-73-40-26-21-33-62(73)68-53-57(88(10,11)12)45-49-77(68)95)90-83(80)94-72-39-25-20-32-61(72)67-52-56(87(7,8)9)44-48-76(67)94/h13-53H,1-12H3. The van der Waals surface area contributed by atoms with Crippen LogP contribution in [0.25, 0.3) is 149 Å². The van der Waals surface area contributed by atoms with Crippen LogP contribution in [0.1, 0.15) is 105 Å². The first-order valence-corrected chi connectivity index (χ1v) is 33.6. The van der Waals surface area contributed by atoms with Gasteiger partial charge in [-0.15, -0.1) is 0 Å². The molecule has 0 saturated carbocycles. The summed E-state index contributed by atoms with van der Waals surface area (Å²) in [6.45, 7) is 27.8. The molecule has 6 aromatic heterocycles. The summed E-state index contributed by atoms with van der Waals surface area (Å²) < 4.78 is 12.5. The molecule has 0 unspecified atom stereocenters. The maximum absolute atomic E-state index is 6.71. The van der Waals surface area contributed by atoms with E-state index in [0.29, 0.717) is 0 Å². The van der Waals surface area contributed by atoms with Gasteiger partial charge in [-0.05, 0) is 147 Å². The lowest BCUT2D eigenvalue weighted by Gasteiger charge is -2.28. The third kappa shape index (κ3) is 8.99. The highest BCUT2D eigenvalue weighted by molar-refractivity contribution is 6.17. The highest BCUT2D eigenvalue weighted by atomic mass is 15.2. The van der Waals surface area contributed by atoms with Crippen LogP contribution in [0.15, 0.2) is 249 Å². The number of pyridine rings is 1. The molecule has 0 aliphatic heterocycles. The highest BCUT2D eigenvalue weighted by Crippen LogP contribution is 2.52. The molecule has 464 valence electrons. The first kappa shape index (κ1) is 58.1. The molecule has 0 radical (unpaired) electrons. The van der Waals surface area contributed by atoms with Gasteiger partial charge in [0.05, 0.1) is 55.2 Å². The molecule has 0 amide bonds. The van der Waals surface area contributed by atoms with Gasteiger partial charge in [0.25, 0.3) is 0 Å². The zero-order valence-electron chi connectivity index (χ0n) is 56.3. The van der Waals surface area contributed by atoms with Crippen LogP contribution >= 0.6 is 0 Å². The van der Waals surface area contributed by atoms with Gasteiger partial charge in [0.2, 0.25) is 0 Å². The van der Waals surface area contributed by atoms with Crippen LogP contribution in [-0.2, 0) is 21.7 Å². The summed E-state index contributed by atoms with van der Waals surface area (Å²) >= 11 is 0. The molecule has 0 fully saturated rings. The Morgan fingerprint density at radius 2 is 0.547 bits per heavy atom. The third-order valence-electron chi connectivity index (χ3n) is 20.1. The molecule has 11 aromatic carbocycles. The predicted molar refractivity (Wildman–Crippen MR) is 402 cm³/mol. The van der Waals surface area contributed by atoms with E-state index < -0.39 is 0 Å². The van der Waals surface area contributed by atoms with Crippen LogP contribution in [-0.4, -0.2) is 32.8 Å². The molecular formula is C88H77N7. The molecule has 7 heteroatoms. The maximum atomic E-state index is 6.71. The molecular weight excluding hydrogens is 1160 g/mol. The van der Waals surface area contributed by atoms with Crippen LogP contribution < -0.4 is 0 Å². The Kier molecular flexibility index (Phi) is 12.8. The smallest absolute Gasteiger partial charge is 0.165 e. The van der Waals surface area contributed by atoms with Gasteiger partial charge in [0.1, 0.15) is 17.2 Å². The Morgan fingerprint density at radius 1 is 0.242 bits per heavy atom. The highest BCUT2D eigenvalue weighted by Gasteiger charge is 2.35. The number of para-hydroxylation sites is 7. The summed E-state index contributed by atoms with van der Waals surface area (Å²) in [4.78, 5) is 12.5. The number of hydrogen-bond acceptors (Lipinski definition) is 2. The Morgan fingerprint density at radius 3 is 0.937 bits per heavy atom. The van der Waals surface area contributed by atoms with E-state index in [0.717, 1.165) is 128 Å². The van der Waals surface area contributed by atoms with E-state index in [9.17, 15) is 0 Å². The first-order chi connectivity index (χ1) is 45.7. The number of aromatic nitrogens is 7. The van der Waals surface area contributed by atoms with Gasteiger partial charge >= 0.3 is 0 Å². The number of hydrogen-bond donors (Lipinski definition) is 0. The Bertz CT molecular complexity index is 5720. The summed E-state index contributed by atoms with van der Waals surface area (Å²) in [5.74, 6) is 2.41. The van der Waals surface area contributed by atoms with Crippen LogP contribution in [0.2, 0.25) is 0 Å². The Balaban J connectivity index is 1.19. The molecule has 0 aliphatic rings. The van der Waals surface area contributed by atoms with Gasteiger partial charge in [-0.3, -0.25) is 13.7 Å². The third-order valence-corrected chi connectivity index (χ3v) is 20.1. The molecule has 0 atom stereocenters. The number of fused-ring (bicyclic) bond motifs is 13. The lowest BCUT2D eigenvalue weighted by molar-refractivity contribution is 0.591. The largest absolute Gasteiger partial charge is 0.305 e. The summed E-state index contributed by atoms with van der Waals surface area (Å²) in [6.07, 6.45) is 0. The fraction of sp³-hybridized carbons (Fsp3) is 0.182. The monoisotopic (exact) mass is 1230 g/mol. The normalized spacial score (nSPS) is 12.8. The molecule has 17 rings (SSSR count). The summed E-state index contributed by atoms with van der Waals surface area (Å²) in [5.41, 5.74) is 20.9. The van der Waals surface area contributed by atoms with Crippen molar-refractivity contribution in [1.82, 2.24) is 32.8 Å². The average Bonchev–Trinajstić information content (AvgIpc) is 1.58. The number of benzene rings is 11. The zero-order valence-corrected chi connectivity index (χ0v) is 56.3. The van der Waals surface area contributed by atoms with E-state index in [4.69, 9.17) is 9.97 Å². The maximum Gasteiger partial charge on any atom is 0.165 e. The fourth-order valence-corrected chi connectivity index (χ4v) is 15.2. The second-order valence-corrected chi connectivity index (χ2v) is 30.3. The Labute approximate surface area is 554 Å². The molecule has 95 heavy (non-hydrogen) atoms. The van der Waals surface area contributed by atoms with Gasteiger partial charge in [-0.2, -0.15) is 0 Å². The molecule has 0 saturated heterocycles. The zero-order chi connectivity index (χ0) is 65.2. The van der Waals surface area contributed by atoms with Crippen LogP contribution in [0, 0.1) is 0 Å². The van der Waals surface area contributed by atoms with E-state index in [-0.39, 0.29) is 21.7 Å². The van der Waals surface area contributed by atoms with Crippen molar-refractivity contribution in [3.05, 3.63) is 271 Å². The molecule has 0 N–H and O–H groups in total. The quantitative estimate of drug-likeness (QED) is 0.160. The average molecular weight is 1230 g/mol. The molecule has 0 bridgehead atoms. The molecule has 7 nitrogen and oxygen atoms in total. The fourth-order valence-electron chi connectivity index (χ4n) is 15.2. The van der Waals surface area contributed by atoms with Crippen LogP contribution in [0.5, 0.6) is 0 Å². The van der Waals surface area contributed by atoms with E-state index >= 15 is 0 Å². The lowest BCUT2D eigenvalue weighted by atomic mass is 9.86.